The molecule has 0 spiro atoms. The van der Waals surface area contributed by atoms with E-state index in [4.69, 9.17) is 0 Å². The first kappa shape index (κ1) is 27.8. The summed E-state index contributed by atoms with van der Waals surface area (Å²) in [4.78, 5) is 12.8. The highest BCUT2D eigenvalue weighted by Gasteiger charge is 2.51. The summed E-state index contributed by atoms with van der Waals surface area (Å²) in [5.74, 6) is -0.300. The molecule has 0 atom stereocenters. The molecule has 7 nitrogen and oxygen atoms in total. The molecule has 3 rings (SSSR count). The molecule has 1 aliphatic carbocycles. The van der Waals surface area contributed by atoms with Gasteiger partial charge in [-0.3, -0.25) is 4.79 Å². The minimum atomic E-state index is -3.76. The lowest BCUT2D eigenvalue weighted by Crippen LogP contribution is -2.63. The highest BCUT2D eigenvalue weighted by molar-refractivity contribution is 7.89. The summed E-state index contributed by atoms with van der Waals surface area (Å²) in [7, 11) is -3.76. The molecule has 1 saturated carbocycles. The summed E-state index contributed by atoms with van der Waals surface area (Å²) in [6.45, 7) is 13.9. The van der Waals surface area contributed by atoms with E-state index in [-0.39, 0.29) is 22.6 Å². The molecule has 1 aliphatic heterocycles. The molecule has 1 saturated heterocycles. The second-order valence-corrected chi connectivity index (χ2v) is 14.5. The number of carbonyl (C=O) groups excluding carboxylic acids is 1. The maximum absolute atomic E-state index is 13.8. The Morgan fingerprint density at radius 2 is 1.51 bits per heavy atom. The Kier molecular flexibility index (Phi) is 7.63. The first-order valence-corrected chi connectivity index (χ1v) is 14.1. The van der Waals surface area contributed by atoms with E-state index in [1.165, 1.54) is 0 Å². The molecule has 2 N–H and O–H groups in total. The number of amides is 1. The van der Waals surface area contributed by atoms with Crippen molar-refractivity contribution in [1.29, 1.82) is 0 Å². The van der Waals surface area contributed by atoms with Crippen molar-refractivity contribution in [1.82, 2.24) is 9.73 Å². The van der Waals surface area contributed by atoms with Crippen LogP contribution in [0.25, 0.3) is 0 Å². The molecular formula is C27H43N3O4S. The zero-order valence-electron chi connectivity index (χ0n) is 22.4. The maximum atomic E-state index is 13.8. The van der Waals surface area contributed by atoms with E-state index in [2.05, 4.69) is 31.3 Å². The minimum absolute atomic E-state index is 0.0433. The predicted octanol–water partition coefficient (Wildman–Crippen LogP) is 4.88. The average Bonchev–Trinajstić information content (AvgIpc) is 2.70. The maximum Gasteiger partial charge on any atom is 0.244 e. The summed E-state index contributed by atoms with van der Waals surface area (Å²) >= 11 is 0. The lowest BCUT2D eigenvalue weighted by Gasteiger charge is -2.51. The number of hydrazone groups is 1. The van der Waals surface area contributed by atoms with Gasteiger partial charge in [-0.05, 0) is 63.6 Å². The van der Waals surface area contributed by atoms with Gasteiger partial charge in [0, 0.05) is 29.6 Å². The number of sulfonamides is 1. The van der Waals surface area contributed by atoms with E-state index in [1.54, 1.807) is 16.4 Å². The summed E-state index contributed by atoms with van der Waals surface area (Å²) in [5, 5.41) is 15.0. The summed E-state index contributed by atoms with van der Waals surface area (Å²) in [5.41, 5.74) is 1.97. The van der Waals surface area contributed by atoms with Crippen molar-refractivity contribution in [2.75, 3.05) is 0 Å². The van der Waals surface area contributed by atoms with Crippen molar-refractivity contribution in [3.05, 3.63) is 29.8 Å². The zero-order chi connectivity index (χ0) is 26.3. The van der Waals surface area contributed by atoms with Gasteiger partial charge in [-0.2, -0.15) is 9.41 Å². The number of nitrogens with zero attached hydrogens (tertiary/aromatic N) is 2. The fraction of sp³-hybridized carbons (Fsp3) is 0.704. The number of rotatable bonds is 5. The predicted molar refractivity (Wildman–Crippen MR) is 140 cm³/mol. The number of aliphatic hydroxyl groups is 1. The standard InChI is InChI=1S/C27H43N3O4S/c1-24(2,3)20-11-13-22(14-12-20)35(33,34)30-25(4,5)17-21(18-26(30,6)7)28-29-23(31)19-27(32)15-9-8-10-16-27/h11-14,32H,8-10,15-19H2,1-7H3,(H,29,31). The fourth-order valence-corrected chi connectivity index (χ4v) is 7.97. The first-order chi connectivity index (χ1) is 16.0. The van der Waals surface area contributed by atoms with Gasteiger partial charge < -0.3 is 5.11 Å². The Balaban J connectivity index is 1.78. The smallest absolute Gasteiger partial charge is 0.244 e. The molecule has 0 radical (unpaired) electrons. The molecule has 2 aliphatic rings. The Morgan fingerprint density at radius 1 is 1.00 bits per heavy atom. The molecular weight excluding hydrogens is 462 g/mol. The third kappa shape index (κ3) is 6.33. The molecule has 1 amide bonds. The van der Waals surface area contributed by atoms with E-state index in [0.717, 1.165) is 30.5 Å². The van der Waals surface area contributed by atoms with Crippen molar-refractivity contribution < 1.29 is 18.3 Å². The molecule has 1 aromatic carbocycles. The Labute approximate surface area is 211 Å². The van der Waals surface area contributed by atoms with Crippen LogP contribution in [0.5, 0.6) is 0 Å². The number of hydrogen-bond donors (Lipinski definition) is 2. The van der Waals surface area contributed by atoms with Crippen LogP contribution in [-0.4, -0.2) is 46.1 Å². The van der Waals surface area contributed by atoms with Crippen LogP contribution in [0.2, 0.25) is 0 Å². The number of benzene rings is 1. The van der Waals surface area contributed by atoms with Crippen LogP contribution in [-0.2, 0) is 20.2 Å². The topological polar surface area (TPSA) is 99.1 Å². The van der Waals surface area contributed by atoms with Gasteiger partial charge in [0.25, 0.3) is 0 Å². The molecule has 35 heavy (non-hydrogen) atoms. The molecule has 1 aromatic rings. The zero-order valence-corrected chi connectivity index (χ0v) is 23.3. The summed E-state index contributed by atoms with van der Waals surface area (Å²) in [6, 6.07) is 7.17. The summed E-state index contributed by atoms with van der Waals surface area (Å²) < 4.78 is 29.2. The van der Waals surface area contributed by atoms with Crippen LogP contribution in [0.3, 0.4) is 0 Å². The molecule has 0 aromatic heterocycles. The van der Waals surface area contributed by atoms with Crippen molar-refractivity contribution in [2.45, 2.75) is 127 Å². The highest BCUT2D eigenvalue weighted by atomic mass is 32.2. The number of nitrogens with one attached hydrogen (secondary N) is 1. The largest absolute Gasteiger partial charge is 0.389 e. The highest BCUT2D eigenvalue weighted by Crippen LogP contribution is 2.41. The van der Waals surface area contributed by atoms with Gasteiger partial charge in [-0.25, -0.2) is 13.8 Å². The SMILES string of the molecule is CC(C)(C)c1ccc(S(=O)(=O)N2C(C)(C)CC(=NNC(=O)CC3(O)CCCCC3)CC2(C)C)cc1. The molecule has 2 fully saturated rings. The summed E-state index contributed by atoms with van der Waals surface area (Å²) in [6.07, 6.45) is 5.09. The number of hydrogen-bond acceptors (Lipinski definition) is 5. The van der Waals surface area contributed by atoms with Crippen molar-refractivity contribution in [2.24, 2.45) is 5.10 Å². The molecule has 8 heteroatoms. The first-order valence-electron chi connectivity index (χ1n) is 12.7. The fourth-order valence-electron chi connectivity index (χ4n) is 5.85. The van der Waals surface area contributed by atoms with Crippen LogP contribution >= 0.6 is 0 Å². The van der Waals surface area contributed by atoms with Crippen LogP contribution < -0.4 is 5.43 Å². The van der Waals surface area contributed by atoms with Gasteiger partial charge in [0.2, 0.25) is 15.9 Å². The second-order valence-electron chi connectivity index (χ2n) is 12.7. The van der Waals surface area contributed by atoms with E-state index in [0.29, 0.717) is 25.7 Å². The van der Waals surface area contributed by atoms with Crippen LogP contribution in [0.15, 0.2) is 34.3 Å². The Bertz CT molecular complexity index is 1040. The monoisotopic (exact) mass is 505 g/mol. The average molecular weight is 506 g/mol. The van der Waals surface area contributed by atoms with Crippen LogP contribution in [0, 0.1) is 0 Å². The van der Waals surface area contributed by atoms with Gasteiger partial charge in [-0.15, -0.1) is 0 Å². The van der Waals surface area contributed by atoms with Crippen molar-refractivity contribution in [3.8, 4) is 0 Å². The van der Waals surface area contributed by atoms with Crippen LogP contribution in [0.1, 0.15) is 105 Å². The van der Waals surface area contributed by atoms with Crippen molar-refractivity contribution in [3.63, 3.8) is 0 Å². The lowest BCUT2D eigenvalue weighted by atomic mass is 9.81. The normalized spacial score (nSPS) is 22.5. The van der Waals surface area contributed by atoms with Gasteiger partial charge in [0.1, 0.15) is 0 Å². The van der Waals surface area contributed by atoms with Crippen molar-refractivity contribution >= 4 is 21.6 Å². The van der Waals surface area contributed by atoms with Gasteiger partial charge in [0.15, 0.2) is 0 Å². The molecule has 0 bridgehead atoms. The van der Waals surface area contributed by atoms with E-state index >= 15 is 0 Å². The Morgan fingerprint density at radius 3 is 2.00 bits per heavy atom. The van der Waals surface area contributed by atoms with E-state index in [1.807, 2.05) is 39.8 Å². The quantitative estimate of drug-likeness (QED) is 0.557. The minimum Gasteiger partial charge on any atom is -0.389 e. The molecule has 1 heterocycles. The van der Waals surface area contributed by atoms with Gasteiger partial charge in [0.05, 0.1) is 16.9 Å². The van der Waals surface area contributed by atoms with Gasteiger partial charge in [-0.1, -0.05) is 52.2 Å². The van der Waals surface area contributed by atoms with Gasteiger partial charge >= 0.3 is 0 Å². The molecule has 0 unspecified atom stereocenters. The number of piperidine rings is 1. The third-order valence-corrected chi connectivity index (χ3v) is 9.58. The van der Waals surface area contributed by atoms with E-state index in [9.17, 15) is 18.3 Å². The third-order valence-electron chi connectivity index (χ3n) is 7.24. The molecule has 196 valence electrons. The Hall–Kier alpha value is -1.77. The lowest BCUT2D eigenvalue weighted by molar-refractivity contribution is -0.127. The second kappa shape index (κ2) is 9.60. The number of carbonyl (C=O) groups is 1. The van der Waals surface area contributed by atoms with Crippen LogP contribution in [0.4, 0.5) is 0 Å². The van der Waals surface area contributed by atoms with E-state index < -0.39 is 26.7 Å².